The maximum Gasteiger partial charge on any atom is 0.192 e. The topological polar surface area (TPSA) is 35.5 Å². The predicted octanol–water partition coefficient (Wildman–Crippen LogP) is 4.82. The second-order valence-corrected chi connectivity index (χ2v) is 13.2. The van der Waals surface area contributed by atoms with Crippen LogP contribution in [0.1, 0.15) is 39.2 Å². The van der Waals surface area contributed by atoms with Crippen LogP contribution in [0, 0.1) is 11.8 Å². The molecular formula is C20H32O3Si. The minimum Gasteiger partial charge on any atom is -0.413 e. The van der Waals surface area contributed by atoms with Gasteiger partial charge < -0.3 is 14.0 Å². The monoisotopic (exact) mass is 348 g/mol. The van der Waals surface area contributed by atoms with E-state index in [2.05, 4.69) is 46.0 Å². The maximum absolute atomic E-state index is 11.1. The molecule has 0 bridgehead atoms. The highest BCUT2D eigenvalue weighted by molar-refractivity contribution is 6.74. The van der Waals surface area contributed by atoms with Crippen molar-refractivity contribution >= 4 is 14.6 Å². The molecule has 24 heavy (non-hydrogen) atoms. The fourth-order valence-corrected chi connectivity index (χ4v) is 4.16. The van der Waals surface area contributed by atoms with Gasteiger partial charge in [-0.05, 0) is 42.0 Å². The summed E-state index contributed by atoms with van der Waals surface area (Å²) in [4.78, 5) is 11.1. The molecule has 3 atom stereocenters. The van der Waals surface area contributed by atoms with E-state index < -0.39 is 8.32 Å². The highest BCUT2D eigenvalue weighted by atomic mass is 28.4. The fourth-order valence-electron chi connectivity index (χ4n) is 2.78. The molecule has 0 aromatic heterocycles. The van der Waals surface area contributed by atoms with E-state index in [1.54, 1.807) is 0 Å². The van der Waals surface area contributed by atoms with Gasteiger partial charge in [0.2, 0.25) is 0 Å². The molecule has 4 heteroatoms. The molecule has 1 saturated carbocycles. The number of aldehydes is 1. The fraction of sp³-hybridized carbons (Fsp3) is 0.650. The van der Waals surface area contributed by atoms with Gasteiger partial charge in [-0.15, -0.1) is 0 Å². The van der Waals surface area contributed by atoms with Gasteiger partial charge in [-0.2, -0.15) is 0 Å². The van der Waals surface area contributed by atoms with Crippen LogP contribution >= 0.6 is 0 Å². The SMILES string of the molecule is CC(C)(C)[Si](C)(C)O[C@@H](CC=O)[C@@H]1C[C@@H]1COCc1ccccc1. The third-order valence-corrected chi connectivity index (χ3v) is 9.98. The van der Waals surface area contributed by atoms with E-state index in [-0.39, 0.29) is 11.1 Å². The van der Waals surface area contributed by atoms with Gasteiger partial charge in [-0.1, -0.05) is 51.1 Å². The van der Waals surface area contributed by atoms with E-state index in [0.717, 1.165) is 19.3 Å². The number of benzene rings is 1. The lowest BCUT2D eigenvalue weighted by molar-refractivity contribution is -0.109. The Morgan fingerprint density at radius 2 is 1.92 bits per heavy atom. The van der Waals surface area contributed by atoms with E-state index in [1.165, 1.54) is 5.56 Å². The first-order valence-corrected chi connectivity index (χ1v) is 11.9. The molecule has 0 heterocycles. The molecule has 0 N–H and O–H groups in total. The minimum atomic E-state index is -1.84. The van der Waals surface area contributed by atoms with E-state index in [0.29, 0.717) is 24.9 Å². The summed E-state index contributed by atoms with van der Waals surface area (Å²) in [5.74, 6) is 1.00. The summed E-state index contributed by atoms with van der Waals surface area (Å²) in [6.07, 6.45) is 2.69. The Morgan fingerprint density at radius 3 is 2.50 bits per heavy atom. The van der Waals surface area contributed by atoms with E-state index >= 15 is 0 Å². The van der Waals surface area contributed by atoms with Gasteiger partial charge in [0.25, 0.3) is 0 Å². The van der Waals surface area contributed by atoms with Crippen molar-refractivity contribution in [3.63, 3.8) is 0 Å². The van der Waals surface area contributed by atoms with Gasteiger partial charge in [-0.25, -0.2) is 0 Å². The molecule has 1 aliphatic rings. The maximum atomic E-state index is 11.1. The normalized spacial score (nSPS) is 22.2. The van der Waals surface area contributed by atoms with Crippen molar-refractivity contribution in [2.45, 2.75) is 64.5 Å². The van der Waals surface area contributed by atoms with E-state index in [4.69, 9.17) is 9.16 Å². The van der Waals surface area contributed by atoms with Gasteiger partial charge in [0, 0.05) is 6.42 Å². The van der Waals surface area contributed by atoms with Crippen molar-refractivity contribution in [1.29, 1.82) is 0 Å². The number of carbonyl (C=O) groups excluding carboxylic acids is 1. The first-order chi connectivity index (χ1) is 11.2. The van der Waals surface area contributed by atoms with E-state index in [9.17, 15) is 4.79 Å². The molecule has 1 fully saturated rings. The van der Waals surface area contributed by atoms with Gasteiger partial charge >= 0.3 is 0 Å². The number of rotatable bonds is 9. The Hall–Kier alpha value is -0.973. The lowest BCUT2D eigenvalue weighted by Gasteiger charge is -2.39. The molecule has 1 aliphatic carbocycles. The van der Waals surface area contributed by atoms with Crippen LogP contribution in [0.5, 0.6) is 0 Å². The summed E-state index contributed by atoms with van der Waals surface area (Å²) in [6, 6.07) is 10.3. The summed E-state index contributed by atoms with van der Waals surface area (Å²) in [5.41, 5.74) is 1.21. The summed E-state index contributed by atoms with van der Waals surface area (Å²) in [6.45, 7) is 12.7. The zero-order valence-electron chi connectivity index (χ0n) is 15.7. The number of ether oxygens (including phenoxy) is 1. The van der Waals surface area contributed by atoms with Gasteiger partial charge in [0.15, 0.2) is 8.32 Å². The molecule has 0 radical (unpaired) electrons. The summed E-state index contributed by atoms with van der Waals surface area (Å²) < 4.78 is 12.4. The predicted molar refractivity (Wildman–Crippen MR) is 100 cm³/mol. The van der Waals surface area contributed by atoms with Crippen molar-refractivity contribution in [1.82, 2.24) is 0 Å². The lowest BCUT2D eigenvalue weighted by atomic mass is 10.1. The van der Waals surface area contributed by atoms with Crippen molar-refractivity contribution in [3.05, 3.63) is 35.9 Å². The molecule has 0 spiro atoms. The van der Waals surface area contributed by atoms with Crippen LogP contribution in [0.15, 0.2) is 30.3 Å². The standard InChI is InChI=1S/C20H32O3Si/c1-20(2,3)24(4,5)23-19(11-12-21)18-13-17(18)15-22-14-16-9-7-6-8-10-16/h6-10,12,17-19H,11,13-15H2,1-5H3/t17-,18-,19+/m1/s1. The molecule has 1 aromatic carbocycles. The van der Waals surface area contributed by atoms with Crippen LogP contribution in [-0.2, 0) is 20.6 Å². The average Bonchev–Trinajstić information content (AvgIpc) is 3.26. The Balaban J connectivity index is 1.82. The highest BCUT2D eigenvalue weighted by Gasteiger charge is 2.47. The molecule has 0 unspecified atom stereocenters. The first kappa shape index (κ1) is 19.4. The van der Waals surface area contributed by atoms with Crippen molar-refractivity contribution in [3.8, 4) is 0 Å². The van der Waals surface area contributed by atoms with E-state index in [1.807, 2.05) is 18.2 Å². The third kappa shape index (κ3) is 5.26. The Kier molecular flexibility index (Phi) is 6.40. The van der Waals surface area contributed by atoms with Crippen LogP contribution in [0.4, 0.5) is 0 Å². The van der Waals surface area contributed by atoms with Crippen LogP contribution in [0.25, 0.3) is 0 Å². The summed E-state index contributed by atoms with van der Waals surface area (Å²) in [5, 5.41) is 0.169. The molecule has 0 saturated heterocycles. The van der Waals surface area contributed by atoms with Crippen molar-refractivity contribution in [2.24, 2.45) is 11.8 Å². The van der Waals surface area contributed by atoms with Crippen LogP contribution in [-0.4, -0.2) is 27.3 Å². The number of hydrogen-bond acceptors (Lipinski definition) is 3. The second-order valence-electron chi connectivity index (χ2n) is 8.48. The zero-order chi connectivity index (χ0) is 17.8. The molecule has 2 rings (SSSR count). The van der Waals surface area contributed by atoms with Gasteiger partial charge in [0.1, 0.15) is 6.29 Å². The lowest BCUT2D eigenvalue weighted by Crippen LogP contribution is -2.44. The molecule has 1 aromatic rings. The number of carbonyl (C=O) groups is 1. The third-order valence-electron chi connectivity index (χ3n) is 5.48. The Morgan fingerprint density at radius 1 is 1.25 bits per heavy atom. The summed E-state index contributed by atoms with van der Waals surface area (Å²) in [7, 11) is -1.84. The molecule has 134 valence electrons. The van der Waals surface area contributed by atoms with Crippen LogP contribution in [0.2, 0.25) is 18.1 Å². The molecule has 0 amide bonds. The Bertz CT molecular complexity index is 521. The van der Waals surface area contributed by atoms with Crippen molar-refractivity contribution < 1.29 is 14.0 Å². The molecule has 3 nitrogen and oxygen atoms in total. The van der Waals surface area contributed by atoms with Crippen LogP contribution < -0.4 is 0 Å². The zero-order valence-corrected chi connectivity index (χ0v) is 16.7. The van der Waals surface area contributed by atoms with Gasteiger partial charge in [0.05, 0.1) is 19.3 Å². The first-order valence-electron chi connectivity index (χ1n) is 8.98. The summed E-state index contributed by atoms with van der Waals surface area (Å²) >= 11 is 0. The highest BCUT2D eigenvalue weighted by Crippen LogP contribution is 2.46. The average molecular weight is 349 g/mol. The van der Waals surface area contributed by atoms with Crippen LogP contribution in [0.3, 0.4) is 0 Å². The smallest absolute Gasteiger partial charge is 0.192 e. The molecule has 0 aliphatic heterocycles. The second kappa shape index (κ2) is 7.94. The van der Waals surface area contributed by atoms with Gasteiger partial charge in [-0.3, -0.25) is 0 Å². The van der Waals surface area contributed by atoms with Crippen molar-refractivity contribution in [2.75, 3.05) is 6.61 Å². The minimum absolute atomic E-state index is 0.0636. The largest absolute Gasteiger partial charge is 0.413 e. The Labute approximate surface area is 147 Å². The quantitative estimate of drug-likeness (QED) is 0.474. The molecular weight excluding hydrogens is 316 g/mol. The number of hydrogen-bond donors (Lipinski definition) is 0.